The number of nitrogens with zero attached hydrogens (tertiary/aromatic N) is 1. The van der Waals surface area contributed by atoms with Crippen LogP contribution in [0.4, 0.5) is 4.79 Å². The normalized spacial score (nSPS) is 34.6. The van der Waals surface area contributed by atoms with E-state index in [2.05, 4.69) is 5.32 Å². The van der Waals surface area contributed by atoms with Gasteiger partial charge in [-0.25, -0.2) is 4.79 Å². The van der Waals surface area contributed by atoms with E-state index < -0.39 is 0 Å². The number of carbonyl (C=O) groups excluding carboxylic acids is 1. The molecule has 1 N–H and O–H groups in total. The maximum absolute atomic E-state index is 12.8. The van der Waals surface area contributed by atoms with Gasteiger partial charge in [-0.2, -0.15) is 0 Å². The molecule has 0 spiro atoms. The summed E-state index contributed by atoms with van der Waals surface area (Å²) in [5, 5.41) is 3.40. The van der Waals surface area contributed by atoms with Crippen LogP contribution in [0.25, 0.3) is 0 Å². The Hall–Kier alpha value is -0.740. The summed E-state index contributed by atoms with van der Waals surface area (Å²) in [6, 6.07) is 4.45. The number of rotatable bonds is 4. The van der Waals surface area contributed by atoms with Crippen molar-refractivity contribution in [3.8, 4) is 0 Å². The number of hydrogen-bond donors (Lipinski definition) is 1. The van der Waals surface area contributed by atoms with E-state index in [-0.39, 0.29) is 6.03 Å². The molecule has 23 heavy (non-hydrogen) atoms. The molecule has 0 aromatic carbocycles. The van der Waals surface area contributed by atoms with Crippen LogP contribution in [0.1, 0.15) is 43.9 Å². The number of thiophene rings is 1. The summed E-state index contributed by atoms with van der Waals surface area (Å²) in [4.78, 5) is 15.8. The fourth-order valence-corrected chi connectivity index (χ4v) is 6.45. The lowest BCUT2D eigenvalue weighted by molar-refractivity contribution is -0.0110. The van der Waals surface area contributed by atoms with Gasteiger partial charge in [-0.1, -0.05) is 11.6 Å². The van der Waals surface area contributed by atoms with Crippen molar-refractivity contribution in [3.05, 3.63) is 21.3 Å². The Morgan fingerprint density at radius 2 is 1.87 bits per heavy atom. The highest BCUT2D eigenvalue weighted by molar-refractivity contribution is 7.16. The predicted molar refractivity (Wildman–Crippen MR) is 94.8 cm³/mol. The third-order valence-electron chi connectivity index (χ3n) is 6.16. The molecule has 0 saturated heterocycles. The van der Waals surface area contributed by atoms with E-state index in [4.69, 9.17) is 11.6 Å². The maximum Gasteiger partial charge on any atom is 0.317 e. The zero-order valence-electron chi connectivity index (χ0n) is 13.6. The van der Waals surface area contributed by atoms with Crippen LogP contribution >= 0.6 is 22.9 Å². The van der Waals surface area contributed by atoms with Crippen LogP contribution in [0, 0.1) is 23.7 Å². The summed E-state index contributed by atoms with van der Waals surface area (Å²) in [5.41, 5.74) is 0. The van der Waals surface area contributed by atoms with Crippen molar-refractivity contribution in [1.82, 2.24) is 10.2 Å². The minimum Gasteiger partial charge on any atom is -0.335 e. The average molecular weight is 353 g/mol. The van der Waals surface area contributed by atoms with Crippen molar-refractivity contribution in [3.63, 3.8) is 0 Å². The molecule has 4 saturated carbocycles. The van der Waals surface area contributed by atoms with Crippen LogP contribution in [0.2, 0.25) is 4.34 Å². The molecular weight excluding hydrogens is 328 g/mol. The Morgan fingerprint density at radius 1 is 1.22 bits per heavy atom. The lowest BCUT2D eigenvalue weighted by atomic mass is 9.54. The molecular formula is C18H25ClN2OS. The largest absolute Gasteiger partial charge is 0.335 e. The lowest BCUT2D eigenvalue weighted by Gasteiger charge is -2.54. The van der Waals surface area contributed by atoms with E-state index in [9.17, 15) is 4.79 Å². The molecule has 2 amide bonds. The van der Waals surface area contributed by atoms with Crippen LogP contribution in [0.5, 0.6) is 0 Å². The minimum atomic E-state index is 0.106. The van der Waals surface area contributed by atoms with Gasteiger partial charge < -0.3 is 10.2 Å². The number of carbonyl (C=O) groups is 1. The van der Waals surface area contributed by atoms with Crippen LogP contribution in [0.15, 0.2) is 12.1 Å². The van der Waals surface area contributed by atoms with Crippen LogP contribution in [-0.2, 0) is 6.54 Å². The Labute approximate surface area is 147 Å². The van der Waals surface area contributed by atoms with Gasteiger partial charge in [-0.15, -0.1) is 11.3 Å². The van der Waals surface area contributed by atoms with Crippen molar-refractivity contribution in [2.24, 2.45) is 23.7 Å². The van der Waals surface area contributed by atoms with Gasteiger partial charge in [0.15, 0.2) is 0 Å². The van der Waals surface area contributed by atoms with E-state index in [1.807, 2.05) is 24.0 Å². The molecule has 4 aliphatic rings. The van der Waals surface area contributed by atoms with E-state index in [1.165, 1.54) is 32.1 Å². The van der Waals surface area contributed by atoms with Gasteiger partial charge in [0.1, 0.15) is 0 Å². The number of urea groups is 1. The van der Waals surface area contributed by atoms with Gasteiger partial charge in [-0.3, -0.25) is 0 Å². The monoisotopic (exact) mass is 352 g/mol. The number of halogens is 1. The molecule has 0 aliphatic heterocycles. The van der Waals surface area contributed by atoms with Gasteiger partial charge >= 0.3 is 6.03 Å². The lowest BCUT2D eigenvalue weighted by Crippen LogP contribution is -2.57. The first kappa shape index (κ1) is 15.8. The van der Waals surface area contributed by atoms with Gasteiger partial charge in [0.2, 0.25) is 0 Å². The Balaban J connectivity index is 1.40. The zero-order chi connectivity index (χ0) is 16.0. The van der Waals surface area contributed by atoms with E-state index >= 15 is 0 Å². The quantitative estimate of drug-likeness (QED) is 0.832. The Morgan fingerprint density at radius 3 is 2.39 bits per heavy atom. The summed E-state index contributed by atoms with van der Waals surface area (Å²) in [6.07, 6.45) is 6.80. The highest BCUT2D eigenvalue weighted by atomic mass is 35.5. The smallest absolute Gasteiger partial charge is 0.317 e. The molecule has 1 heterocycles. The van der Waals surface area contributed by atoms with Crippen molar-refractivity contribution in [2.75, 3.05) is 6.54 Å². The summed E-state index contributed by atoms with van der Waals surface area (Å²) in [5.74, 6) is 3.34. The second-order valence-electron chi connectivity index (χ2n) is 7.63. The third-order valence-corrected chi connectivity index (χ3v) is 7.38. The molecule has 4 aliphatic carbocycles. The topological polar surface area (TPSA) is 32.3 Å². The standard InChI is InChI=1S/C18H25ClN2OS/c1-2-21(10-15-3-4-16(19)23-15)18(22)20-17-13-6-11-5-12(8-13)9-14(17)7-11/h3-4,11-14,17H,2,5-10H2,1H3,(H,20,22). The highest BCUT2D eigenvalue weighted by Gasteiger charge is 2.48. The second kappa shape index (κ2) is 6.29. The second-order valence-corrected chi connectivity index (χ2v) is 9.43. The fourth-order valence-electron chi connectivity index (χ4n) is 5.35. The van der Waals surface area contributed by atoms with E-state index in [0.29, 0.717) is 12.6 Å². The molecule has 5 rings (SSSR count). The first-order valence-electron chi connectivity index (χ1n) is 8.92. The highest BCUT2D eigenvalue weighted by Crippen LogP contribution is 2.53. The summed E-state index contributed by atoms with van der Waals surface area (Å²) in [7, 11) is 0. The molecule has 4 fully saturated rings. The third kappa shape index (κ3) is 3.12. The van der Waals surface area contributed by atoms with Gasteiger partial charge in [0, 0.05) is 17.5 Å². The maximum atomic E-state index is 12.8. The predicted octanol–water partition coefficient (Wildman–Crippen LogP) is 4.76. The first-order valence-corrected chi connectivity index (χ1v) is 10.1. The van der Waals surface area contributed by atoms with Crippen LogP contribution in [0.3, 0.4) is 0 Å². The fraction of sp³-hybridized carbons (Fsp3) is 0.722. The van der Waals surface area contributed by atoms with E-state index in [0.717, 1.165) is 39.4 Å². The first-order chi connectivity index (χ1) is 11.1. The average Bonchev–Trinajstić information content (AvgIpc) is 2.93. The van der Waals surface area contributed by atoms with Crippen molar-refractivity contribution in [2.45, 2.75) is 51.6 Å². The van der Waals surface area contributed by atoms with Crippen molar-refractivity contribution >= 4 is 29.0 Å². The summed E-state index contributed by atoms with van der Waals surface area (Å²) < 4.78 is 0.789. The number of amides is 2. The van der Waals surface area contributed by atoms with Crippen molar-refractivity contribution < 1.29 is 4.79 Å². The molecule has 0 unspecified atom stereocenters. The van der Waals surface area contributed by atoms with Gasteiger partial charge in [-0.05, 0) is 74.8 Å². The summed E-state index contributed by atoms with van der Waals surface area (Å²) >= 11 is 7.57. The van der Waals surface area contributed by atoms with Crippen molar-refractivity contribution in [1.29, 1.82) is 0 Å². The molecule has 5 heteroatoms. The Kier molecular flexibility index (Phi) is 4.31. The van der Waals surface area contributed by atoms with Gasteiger partial charge in [0.25, 0.3) is 0 Å². The number of hydrogen-bond acceptors (Lipinski definition) is 2. The molecule has 1 aromatic rings. The Bertz CT molecular complexity index is 559. The molecule has 126 valence electrons. The van der Waals surface area contributed by atoms with Crippen LogP contribution in [-0.4, -0.2) is 23.5 Å². The molecule has 0 atom stereocenters. The minimum absolute atomic E-state index is 0.106. The molecule has 1 aromatic heterocycles. The van der Waals surface area contributed by atoms with Gasteiger partial charge in [0.05, 0.1) is 10.9 Å². The summed E-state index contributed by atoms with van der Waals surface area (Å²) in [6.45, 7) is 3.44. The number of nitrogens with one attached hydrogen (secondary N) is 1. The SMILES string of the molecule is CCN(Cc1ccc(Cl)s1)C(=O)NC1C2CC3CC(C2)CC1C3. The zero-order valence-corrected chi connectivity index (χ0v) is 15.2. The molecule has 3 nitrogen and oxygen atoms in total. The van der Waals surface area contributed by atoms with E-state index in [1.54, 1.807) is 11.3 Å². The molecule has 0 radical (unpaired) electrons. The van der Waals surface area contributed by atoms with Crippen LogP contribution < -0.4 is 5.32 Å². The molecule has 4 bridgehead atoms.